The quantitative estimate of drug-likeness (QED) is 0.724. The number of benzene rings is 2. The molecule has 0 aliphatic carbocycles. The predicted octanol–water partition coefficient (Wildman–Crippen LogP) is 3.55. The second-order valence-electron chi connectivity index (χ2n) is 5.46. The van der Waals surface area contributed by atoms with Gasteiger partial charge in [-0.1, -0.05) is 11.6 Å². The Bertz CT molecular complexity index is 839. The van der Waals surface area contributed by atoms with Crippen molar-refractivity contribution in [1.29, 1.82) is 0 Å². The molecule has 8 heteroatoms. The summed E-state index contributed by atoms with van der Waals surface area (Å²) < 4.78 is 20.5. The topological polar surface area (TPSA) is 83.1 Å². The average Bonchev–Trinajstić information content (AvgIpc) is 2.67. The lowest BCUT2D eigenvalue weighted by molar-refractivity contribution is -0.123. The lowest BCUT2D eigenvalue weighted by atomic mass is 10.2. The van der Waals surface area contributed by atoms with Crippen LogP contribution in [0.4, 0.5) is 5.69 Å². The number of rotatable bonds is 7. The van der Waals surface area contributed by atoms with Gasteiger partial charge in [-0.3, -0.25) is 4.79 Å². The number of methoxy groups -OCH3 is 3. The second kappa shape index (κ2) is 9.14. The maximum atomic E-state index is 12.3. The molecule has 0 saturated heterocycles. The monoisotopic (exact) mass is 393 g/mol. The molecule has 1 atom stereocenters. The molecule has 2 aromatic carbocycles. The molecule has 0 aromatic heterocycles. The SMILES string of the molecule is COc1ccc(NC(=O)[C@@H](C)OC(=O)c2ccc(OC)c(OC)c2)cc1Cl. The van der Waals surface area contributed by atoms with E-state index in [9.17, 15) is 9.59 Å². The Balaban J connectivity index is 2.03. The fourth-order valence-corrected chi connectivity index (χ4v) is 2.49. The predicted molar refractivity (Wildman–Crippen MR) is 101 cm³/mol. The van der Waals surface area contributed by atoms with Gasteiger partial charge < -0.3 is 24.3 Å². The summed E-state index contributed by atoms with van der Waals surface area (Å²) in [6.07, 6.45) is -1.02. The van der Waals surface area contributed by atoms with Crippen LogP contribution in [0.2, 0.25) is 5.02 Å². The van der Waals surface area contributed by atoms with E-state index in [2.05, 4.69) is 5.32 Å². The van der Waals surface area contributed by atoms with Gasteiger partial charge in [0.25, 0.3) is 5.91 Å². The van der Waals surface area contributed by atoms with Crippen LogP contribution in [0.25, 0.3) is 0 Å². The highest BCUT2D eigenvalue weighted by Gasteiger charge is 2.20. The molecule has 0 unspecified atom stereocenters. The van der Waals surface area contributed by atoms with E-state index in [1.54, 1.807) is 24.3 Å². The highest BCUT2D eigenvalue weighted by atomic mass is 35.5. The zero-order chi connectivity index (χ0) is 20.0. The van der Waals surface area contributed by atoms with E-state index < -0.39 is 18.0 Å². The first kappa shape index (κ1) is 20.4. The normalized spacial score (nSPS) is 11.3. The van der Waals surface area contributed by atoms with Crippen LogP contribution in [0.15, 0.2) is 36.4 Å². The van der Waals surface area contributed by atoms with E-state index in [0.29, 0.717) is 28.0 Å². The number of ether oxygens (including phenoxy) is 4. The highest BCUT2D eigenvalue weighted by Crippen LogP contribution is 2.28. The molecule has 0 aliphatic heterocycles. The molecule has 144 valence electrons. The van der Waals surface area contributed by atoms with E-state index in [0.717, 1.165) is 0 Å². The number of carbonyl (C=O) groups is 2. The minimum absolute atomic E-state index is 0.236. The van der Waals surface area contributed by atoms with Crippen molar-refractivity contribution in [1.82, 2.24) is 0 Å². The minimum Gasteiger partial charge on any atom is -0.495 e. The molecule has 0 heterocycles. The number of hydrogen-bond donors (Lipinski definition) is 1. The van der Waals surface area contributed by atoms with E-state index >= 15 is 0 Å². The molecular weight excluding hydrogens is 374 g/mol. The first-order valence-electron chi connectivity index (χ1n) is 7.97. The van der Waals surface area contributed by atoms with Crippen molar-refractivity contribution in [3.05, 3.63) is 47.0 Å². The smallest absolute Gasteiger partial charge is 0.339 e. The molecule has 2 rings (SSSR count). The number of halogens is 1. The molecule has 0 bridgehead atoms. The van der Waals surface area contributed by atoms with Crippen LogP contribution < -0.4 is 19.5 Å². The molecule has 0 fully saturated rings. The van der Waals surface area contributed by atoms with Crippen LogP contribution in [-0.2, 0) is 9.53 Å². The Morgan fingerprint density at radius 2 is 1.56 bits per heavy atom. The van der Waals surface area contributed by atoms with Crippen LogP contribution in [0.1, 0.15) is 17.3 Å². The van der Waals surface area contributed by atoms with Gasteiger partial charge in [0, 0.05) is 5.69 Å². The average molecular weight is 394 g/mol. The van der Waals surface area contributed by atoms with Crippen molar-refractivity contribution in [2.24, 2.45) is 0 Å². The van der Waals surface area contributed by atoms with Crippen LogP contribution in [0.3, 0.4) is 0 Å². The molecule has 2 aromatic rings. The summed E-state index contributed by atoms with van der Waals surface area (Å²) in [6, 6.07) is 9.39. The summed E-state index contributed by atoms with van der Waals surface area (Å²) >= 11 is 6.03. The summed E-state index contributed by atoms with van der Waals surface area (Å²) in [6.45, 7) is 1.47. The third-order valence-electron chi connectivity index (χ3n) is 3.69. The van der Waals surface area contributed by atoms with Gasteiger partial charge in [-0.05, 0) is 43.3 Å². The van der Waals surface area contributed by atoms with Gasteiger partial charge in [0.05, 0.1) is 31.9 Å². The number of anilines is 1. The van der Waals surface area contributed by atoms with Gasteiger partial charge in [0.2, 0.25) is 0 Å². The molecule has 0 saturated carbocycles. The Kier molecular flexibility index (Phi) is 6.90. The van der Waals surface area contributed by atoms with Crippen molar-refractivity contribution < 1.29 is 28.5 Å². The van der Waals surface area contributed by atoms with Crippen LogP contribution in [-0.4, -0.2) is 39.3 Å². The Morgan fingerprint density at radius 3 is 2.15 bits per heavy atom. The summed E-state index contributed by atoms with van der Waals surface area (Å²) in [5, 5.41) is 2.98. The van der Waals surface area contributed by atoms with Crippen LogP contribution in [0, 0.1) is 0 Å². The third-order valence-corrected chi connectivity index (χ3v) is 3.99. The standard InChI is InChI=1S/C19H20ClNO6/c1-11(18(22)21-13-6-8-15(24-2)14(20)10-13)27-19(23)12-5-7-16(25-3)17(9-12)26-4/h5-11H,1-4H3,(H,21,22)/t11-/m1/s1. The van der Waals surface area contributed by atoms with Gasteiger partial charge in [-0.25, -0.2) is 4.79 Å². The number of amides is 1. The molecule has 0 aliphatic rings. The molecule has 7 nitrogen and oxygen atoms in total. The first-order valence-corrected chi connectivity index (χ1v) is 8.34. The molecule has 1 N–H and O–H groups in total. The molecule has 1 amide bonds. The van der Waals surface area contributed by atoms with Crippen molar-refractivity contribution in [3.8, 4) is 17.2 Å². The maximum Gasteiger partial charge on any atom is 0.339 e. The van der Waals surface area contributed by atoms with Gasteiger partial charge in [0.1, 0.15) is 5.75 Å². The number of esters is 1. The number of hydrogen-bond acceptors (Lipinski definition) is 6. The van der Waals surface area contributed by atoms with E-state index in [4.69, 9.17) is 30.5 Å². The van der Waals surface area contributed by atoms with Crippen molar-refractivity contribution in [2.75, 3.05) is 26.6 Å². The molecule has 0 radical (unpaired) electrons. The summed E-state index contributed by atoms with van der Waals surface area (Å²) in [5.41, 5.74) is 0.694. The first-order chi connectivity index (χ1) is 12.9. The zero-order valence-corrected chi connectivity index (χ0v) is 16.1. The zero-order valence-electron chi connectivity index (χ0n) is 15.4. The third kappa shape index (κ3) is 5.04. The van der Waals surface area contributed by atoms with Crippen molar-refractivity contribution in [3.63, 3.8) is 0 Å². The van der Waals surface area contributed by atoms with Crippen molar-refractivity contribution in [2.45, 2.75) is 13.0 Å². The molecule has 27 heavy (non-hydrogen) atoms. The minimum atomic E-state index is -1.02. The van der Waals surface area contributed by atoms with Crippen molar-refractivity contribution >= 4 is 29.2 Å². The number of nitrogens with one attached hydrogen (secondary N) is 1. The van der Waals surface area contributed by atoms with Crippen LogP contribution >= 0.6 is 11.6 Å². The van der Waals surface area contributed by atoms with Crippen LogP contribution in [0.5, 0.6) is 17.2 Å². The van der Waals surface area contributed by atoms with Gasteiger partial charge in [-0.15, -0.1) is 0 Å². The van der Waals surface area contributed by atoms with E-state index in [-0.39, 0.29) is 5.56 Å². The highest BCUT2D eigenvalue weighted by molar-refractivity contribution is 6.32. The Hall–Kier alpha value is -2.93. The summed E-state index contributed by atoms with van der Waals surface area (Å²) in [7, 11) is 4.45. The Labute approximate surface area is 162 Å². The van der Waals surface area contributed by atoms with Gasteiger partial charge in [-0.2, -0.15) is 0 Å². The van der Waals surface area contributed by atoms with Gasteiger partial charge in [0.15, 0.2) is 17.6 Å². The summed E-state index contributed by atoms with van der Waals surface area (Å²) in [5.74, 6) is 0.201. The van der Waals surface area contributed by atoms with E-state index in [1.165, 1.54) is 40.4 Å². The fraction of sp³-hybridized carbons (Fsp3) is 0.263. The van der Waals surface area contributed by atoms with E-state index in [1.807, 2.05) is 0 Å². The number of carbonyl (C=O) groups excluding carboxylic acids is 2. The lowest BCUT2D eigenvalue weighted by Gasteiger charge is -2.15. The second-order valence-corrected chi connectivity index (χ2v) is 5.86. The summed E-state index contributed by atoms with van der Waals surface area (Å²) in [4.78, 5) is 24.5. The lowest BCUT2D eigenvalue weighted by Crippen LogP contribution is -2.30. The molecule has 0 spiro atoms. The largest absolute Gasteiger partial charge is 0.495 e. The maximum absolute atomic E-state index is 12.3. The molecular formula is C19H20ClNO6. The van der Waals surface area contributed by atoms with Gasteiger partial charge >= 0.3 is 5.97 Å². The Morgan fingerprint density at radius 1 is 0.926 bits per heavy atom. The fourth-order valence-electron chi connectivity index (χ4n) is 2.23.